The first-order chi connectivity index (χ1) is 13.0. The molecular weight excluding hydrogens is 403 g/mol. The van der Waals surface area contributed by atoms with Gasteiger partial charge >= 0.3 is 0 Å². The van der Waals surface area contributed by atoms with Crippen molar-refractivity contribution in [2.75, 3.05) is 5.75 Å². The highest BCUT2D eigenvalue weighted by Crippen LogP contribution is 2.26. The van der Waals surface area contributed by atoms with Crippen LogP contribution in [0.4, 0.5) is 0 Å². The largest absolute Gasteiger partial charge is 0.349 e. The number of carbonyl (C=O) groups is 1. The molecule has 2 aromatic carbocycles. The summed E-state index contributed by atoms with van der Waals surface area (Å²) in [7, 11) is 0. The number of nitrogens with zero attached hydrogens (tertiary/aromatic N) is 3. The molecule has 1 amide bonds. The molecule has 0 spiro atoms. The van der Waals surface area contributed by atoms with Crippen molar-refractivity contribution < 1.29 is 4.79 Å². The molecule has 8 heteroatoms. The highest BCUT2D eigenvalue weighted by molar-refractivity contribution is 7.99. The van der Waals surface area contributed by atoms with Gasteiger partial charge in [0.15, 0.2) is 5.16 Å². The fourth-order valence-corrected chi connectivity index (χ4v) is 3.97. The van der Waals surface area contributed by atoms with Gasteiger partial charge in [0.05, 0.1) is 17.5 Å². The van der Waals surface area contributed by atoms with Crippen molar-refractivity contribution in [2.24, 2.45) is 0 Å². The molecule has 0 aliphatic carbocycles. The maximum absolute atomic E-state index is 12.4. The summed E-state index contributed by atoms with van der Waals surface area (Å²) < 4.78 is 1.88. The summed E-state index contributed by atoms with van der Waals surface area (Å²) in [5.74, 6) is 0.109. The van der Waals surface area contributed by atoms with Gasteiger partial charge in [0.25, 0.3) is 0 Å². The van der Waals surface area contributed by atoms with Crippen LogP contribution < -0.4 is 5.32 Å². The SMILES string of the molecule is Cc1ccccc1-n1cnnc1SCC(=O)NC(C)c1ccc(Cl)cc1Cl. The van der Waals surface area contributed by atoms with Gasteiger partial charge in [-0.3, -0.25) is 9.36 Å². The number of nitrogens with one attached hydrogen (secondary N) is 1. The Morgan fingerprint density at radius 2 is 2.04 bits per heavy atom. The third-order valence-electron chi connectivity index (χ3n) is 4.03. The van der Waals surface area contributed by atoms with E-state index in [1.807, 2.05) is 48.7 Å². The zero-order valence-electron chi connectivity index (χ0n) is 14.8. The van der Waals surface area contributed by atoms with Gasteiger partial charge in [-0.2, -0.15) is 0 Å². The van der Waals surface area contributed by atoms with E-state index >= 15 is 0 Å². The van der Waals surface area contributed by atoms with E-state index in [9.17, 15) is 4.79 Å². The number of carbonyl (C=O) groups excluding carboxylic acids is 1. The van der Waals surface area contributed by atoms with E-state index in [1.54, 1.807) is 18.5 Å². The summed E-state index contributed by atoms with van der Waals surface area (Å²) >= 11 is 13.5. The van der Waals surface area contributed by atoms with Crippen LogP contribution in [0.5, 0.6) is 0 Å². The Bertz CT molecular complexity index is 960. The van der Waals surface area contributed by atoms with Gasteiger partial charge in [0.1, 0.15) is 6.33 Å². The average molecular weight is 421 g/mol. The Morgan fingerprint density at radius 1 is 1.26 bits per heavy atom. The number of para-hydroxylation sites is 1. The van der Waals surface area contributed by atoms with Gasteiger partial charge in [-0.05, 0) is 43.2 Å². The maximum atomic E-state index is 12.4. The van der Waals surface area contributed by atoms with Crippen LogP contribution in [0.25, 0.3) is 5.69 Å². The number of aryl methyl sites for hydroxylation is 1. The van der Waals surface area contributed by atoms with Crippen molar-refractivity contribution >= 4 is 40.9 Å². The molecule has 1 aromatic heterocycles. The Kier molecular flexibility index (Phi) is 6.42. The van der Waals surface area contributed by atoms with Gasteiger partial charge < -0.3 is 5.32 Å². The Morgan fingerprint density at radius 3 is 2.78 bits per heavy atom. The monoisotopic (exact) mass is 420 g/mol. The molecule has 3 rings (SSSR count). The molecule has 0 aliphatic heterocycles. The van der Waals surface area contributed by atoms with Crippen LogP contribution in [0.15, 0.2) is 53.9 Å². The third-order valence-corrected chi connectivity index (χ3v) is 5.54. The van der Waals surface area contributed by atoms with Gasteiger partial charge in [0, 0.05) is 10.0 Å². The first-order valence-corrected chi connectivity index (χ1v) is 10.0. The van der Waals surface area contributed by atoms with E-state index in [0.717, 1.165) is 16.8 Å². The lowest BCUT2D eigenvalue weighted by Crippen LogP contribution is -2.28. The van der Waals surface area contributed by atoms with E-state index in [0.29, 0.717) is 15.2 Å². The Labute approximate surface area is 172 Å². The van der Waals surface area contributed by atoms with Crippen molar-refractivity contribution in [1.82, 2.24) is 20.1 Å². The number of amides is 1. The number of rotatable bonds is 6. The summed E-state index contributed by atoms with van der Waals surface area (Å²) in [6.45, 7) is 3.90. The third kappa shape index (κ3) is 4.83. The predicted octanol–water partition coefficient (Wildman–Crippen LogP) is 4.85. The second-order valence-corrected chi connectivity index (χ2v) is 7.80. The molecule has 1 atom stereocenters. The van der Waals surface area contributed by atoms with Crippen molar-refractivity contribution in [1.29, 1.82) is 0 Å². The van der Waals surface area contributed by atoms with Crippen LogP contribution >= 0.6 is 35.0 Å². The minimum Gasteiger partial charge on any atom is -0.349 e. The van der Waals surface area contributed by atoms with Gasteiger partial charge in [-0.15, -0.1) is 10.2 Å². The molecule has 1 N–H and O–H groups in total. The lowest BCUT2D eigenvalue weighted by molar-refractivity contribution is -0.119. The van der Waals surface area contributed by atoms with Gasteiger partial charge in [0.2, 0.25) is 5.91 Å². The second-order valence-electron chi connectivity index (χ2n) is 6.01. The molecule has 0 radical (unpaired) electrons. The van der Waals surface area contributed by atoms with Crippen molar-refractivity contribution in [2.45, 2.75) is 25.0 Å². The molecule has 0 saturated carbocycles. The van der Waals surface area contributed by atoms with E-state index < -0.39 is 0 Å². The van der Waals surface area contributed by atoms with Crippen molar-refractivity contribution in [3.63, 3.8) is 0 Å². The Balaban J connectivity index is 1.63. The molecular formula is C19H18Cl2N4OS. The highest BCUT2D eigenvalue weighted by Gasteiger charge is 2.15. The molecule has 1 unspecified atom stereocenters. The standard InChI is InChI=1S/C19H18Cl2N4OS/c1-12-5-3-4-6-17(12)25-11-22-24-19(25)27-10-18(26)23-13(2)15-8-7-14(20)9-16(15)21/h3-9,11,13H,10H2,1-2H3,(H,23,26). The van der Waals surface area contributed by atoms with Crippen LogP contribution in [0.1, 0.15) is 24.1 Å². The number of halogens is 2. The van der Waals surface area contributed by atoms with E-state index in [4.69, 9.17) is 23.2 Å². The minimum atomic E-state index is -0.225. The van der Waals surface area contributed by atoms with Gasteiger partial charge in [-0.25, -0.2) is 0 Å². The summed E-state index contributed by atoms with van der Waals surface area (Å²) in [6.07, 6.45) is 1.65. The van der Waals surface area contributed by atoms with Crippen molar-refractivity contribution in [3.05, 3.63) is 70.0 Å². The lowest BCUT2D eigenvalue weighted by atomic mass is 10.1. The molecule has 140 valence electrons. The first-order valence-electron chi connectivity index (χ1n) is 8.29. The van der Waals surface area contributed by atoms with Crippen LogP contribution in [0.3, 0.4) is 0 Å². The maximum Gasteiger partial charge on any atom is 0.230 e. The topological polar surface area (TPSA) is 59.8 Å². The van der Waals surface area contributed by atoms with E-state index in [1.165, 1.54) is 11.8 Å². The smallest absolute Gasteiger partial charge is 0.230 e. The number of hydrogen-bond acceptors (Lipinski definition) is 4. The summed E-state index contributed by atoms with van der Waals surface area (Å²) in [4.78, 5) is 12.4. The normalized spacial score (nSPS) is 12.0. The number of thioether (sulfide) groups is 1. The Hall–Kier alpha value is -2.02. The van der Waals surface area contributed by atoms with Crippen LogP contribution in [-0.2, 0) is 4.79 Å². The van der Waals surface area contributed by atoms with E-state index in [2.05, 4.69) is 15.5 Å². The lowest BCUT2D eigenvalue weighted by Gasteiger charge is -2.16. The molecule has 27 heavy (non-hydrogen) atoms. The van der Waals surface area contributed by atoms with Crippen LogP contribution in [-0.4, -0.2) is 26.4 Å². The number of aromatic nitrogens is 3. The molecule has 1 heterocycles. The molecule has 0 bridgehead atoms. The number of hydrogen-bond donors (Lipinski definition) is 1. The summed E-state index contributed by atoms with van der Waals surface area (Å²) in [5, 5.41) is 12.8. The number of benzene rings is 2. The average Bonchev–Trinajstić information content (AvgIpc) is 3.08. The van der Waals surface area contributed by atoms with E-state index in [-0.39, 0.29) is 17.7 Å². The molecule has 0 saturated heterocycles. The van der Waals surface area contributed by atoms with Crippen LogP contribution in [0.2, 0.25) is 10.0 Å². The highest BCUT2D eigenvalue weighted by atomic mass is 35.5. The quantitative estimate of drug-likeness (QED) is 0.578. The molecule has 5 nitrogen and oxygen atoms in total. The fraction of sp³-hybridized carbons (Fsp3) is 0.211. The first kappa shape index (κ1) is 19.7. The minimum absolute atomic E-state index is 0.113. The predicted molar refractivity (Wildman–Crippen MR) is 110 cm³/mol. The zero-order chi connectivity index (χ0) is 19.4. The molecule has 3 aromatic rings. The van der Waals surface area contributed by atoms with Crippen molar-refractivity contribution in [3.8, 4) is 5.69 Å². The zero-order valence-corrected chi connectivity index (χ0v) is 17.1. The fourth-order valence-electron chi connectivity index (χ4n) is 2.67. The molecule has 0 aliphatic rings. The summed E-state index contributed by atoms with van der Waals surface area (Å²) in [5.41, 5.74) is 2.92. The molecule has 0 fully saturated rings. The van der Waals surface area contributed by atoms with Gasteiger partial charge in [-0.1, -0.05) is 59.2 Å². The van der Waals surface area contributed by atoms with Crippen LogP contribution in [0, 0.1) is 6.92 Å². The summed E-state index contributed by atoms with van der Waals surface area (Å²) in [6, 6.07) is 13.0. The second kappa shape index (κ2) is 8.78.